The van der Waals surface area contributed by atoms with Crippen LogP contribution >= 0.6 is 11.8 Å². The fourth-order valence-corrected chi connectivity index (χ4v) is 6.69. The summed E-state index contributed by atoms with van der Waals surface area (Å²) < 4.78 is 27.7. The van der Waals surface area contributed by atoms with E-state index in [1.807, 2.05) is 38.1 Å². The zero-order chi connectivity index (χ0) is 20.4. The maximum absolute atomic E-state index is 13.3. The summed E-state index contributed by atoms with van der Waals surface area (Å²) in [6.45, 7) is 8.11. The Morgan fingerprint density at radius 2 is 1.86 bits per heavy atom. The highest BCUT2D eigenvalue weighted by Gasteiger charge is 2.45. The smallest absolute Gasteiger partial charge is 0.243 e. The number of rotatable bonds is 6. The number of hydrogen-bond donors (Lipinski definition) is 2. The quantitative estimate of drug-likeness (QED) is 0.701. The minimum atomic E-state index is -3.73. The van der Waals surface area contributed by atoms with Gasteiger partial charge in [-0.3, -0.25) is 15.7 Å². The second-order valence-electron chi connectivity index (χ2n) is 7.28. The molecule has 2 N–H and O–H groups in total. The molecule has 150 valence electrons. The number of nitrogens with zero attached hydrogens (tertiary/aromatic N) is 2. The van der Waals surface area contributed by atoms with Gasteiger partial charge >= 0.3 is 0 Å². The van der Waals surface area contributed by atoms with E-state index in [4.69, 9.17) is 0 Å². The first-order chi connectivity index (χ1) is 13.3. The van der Waals surface area contributed by atoms with Gasteiger partial charge in [0, 0.05) is 29.4 Å². The Bertz CT molecular complexity index is 929. The molecule has 3 rings (SSSR count). The number of benzene rings is 1. The van der Waals surface area contributed by atoms with Crippen LogP contribution in [0.1, 0.15) is 25.0 Å². The van der Waals surface area contributed by atoms with E-state index in [1.54, 1.807) is 36.3 Å². The number of hydroxylamine groups is 1. The van der Waals surface area contributed by atoms with Gasteiger partial charge in [0.1, 0.15) is 0 Å². The third kappa shape index (κ3) is 4.25. The lowest BCUT2D eigenvalue weighted by molar-refractivity contribution is 0.169. The SMILES string of the molecule is C=C(NO)C1N(S(=O)(=O)c2ccc(Cc3ccncc3)cc2)CCSC1(C)C. The Kier molecular flexibility index (Phi) is 6.14. The second kappa shape index (κ2) is 8.24. The van der Waals surface area contributed by atoms with Gasteiger partial charge in [-0.25, -0.2) is 8.42 Å². The van der Waals surface area contributed by atoms with Crippen LogP contribution in [0.15, 0.2) is 66.0 Å². The molecule has 1 aliphatic heterocycles. The topological polar surface area (TPSA) is 82.5 Å². The number of sulfonamides is 1. The van der Waals surface area contributed by atoms with Crippen molar-refractivity contribution in [3.05, 3.63) is 72.2 Å². The van der Waals surface area contributed by atoms with Gasteiger partial charge in [0.25, 0.3) is 0 Å². The molecule has 1 atom stereocenters. The average molecular weight is 420 g/mol. The first-order valence-electron chi connectivity index (χ1n) is 8.98. The van der Waals surface area contributed by atoms with Crippen molar-refractivity contribution in [3.8, 4) is 0 Å². The van der Waals surface area contributed by atoms with E-state index in [1.165, 1.54) is 4.31 Å². The van der Waals surface area contributed by atoms with Crippen molar-refractivity contribution in [1.29, 1.82) is 0 Å². The van der Waals surface area contributed by atoms with Gasteiger partial charge in [0.15, 0.2) is 0 Å². The Hall–Kier alpha value is -1.87. The van der Waals surface area contributed by atoms with Crippen LogP contribution in [-0.2, 0) is 16.4 Å². The fourth-order valence-electron chi connectivity index (χ4n) is 3.52. The molecule has 1 aromatic heterocycles. The summed E-state index contributed by atoms with van der Waals surface area (Å²) in [5, 5.41) is 9.37. The molecule has 0 aliphatic carbocycles. The Balaban J connectivity index is 1.87. The van der Waals surface area contributed by atoms with Crippen LogP contribution in [0.4, 0.5) is 0 Å². The lowest BCUT2D eigenvalue weighted by Gasteiger charge is -2.45. The third-order valence-electron chi connectivity index (χ3n) is 4.89. The maximum Gasteiger partial charge on any atom is 0.243 e. The molecule has 0 bridgehead atoms. The van der Waals surface area contributed by atoms with E-state index < -0.39 is 20.8 Å². The molecule has 0 radical (unpaired) electrons. The molecular weight excluding hydrogens is 394 g/mol. The summed E-state index contributed by atoms with van der Waals surface area (Å²) in [5.41, 5.74) is 4.48. The van der Waals surface area contributed by atoms with Gasteiger partial charge in [-0.1, -0.05) is 18.7 Å². The van der Waals surface area contributed by atoms with Crippen molar-refractivity contribution in [2.24, 2.45) is 0 Å². The molecule has 1 saturated heterocycles. The molecule has 1 fully saturated rings. The second-order valence-corrected chi connectivity index (χ2v) is 10.9. The summed E-state index contributed by atoms with van der Waals surface area (Å²) >= 11 is 1.67. The van der Waals surface area contributed by atoms with Crippen LogP contribution in [-0.4, -0.2) is 46.0 Å². The van der Waals surface area contributed by atoms with E-state index in [9.17, 15) is 13.6 Å². The predicted octanol–water partition coefficient (Wildman–Crippen LogP) is 3.05. The molecule has 28 heavy (non-hydrogen) atoms. The van der Waals surface area contributed by atoms with Crippen LogP contribution < -0.4 is 5.48 Å². The average Bonchev–Trinajstić information content (AvgIpc) is 2.68. The van der Waals surface area contributed by atoms with E-state index in [2.05, 4.69) is 17.0 Å². The van der Waals surface area contributed by atoms with Gasteiger partial charge in [0.05, 0.1) is 16.6 Å². The highest BCUT2D eigenvalue weighted by atomic mass is 32.2. The molecule has 2 aromatic rings. The molecule has 8 heteroatoms. The number of pyridine rings is 1. The van der Waals surface area contributed by atoms with Gasteiger partial charge in [0.2, 0.25) is 10.0 Å². The van der Waals surface area contributed by atoms with E-state index >= 15 is 0 Å². The van der Waals surface area contributed by atoms with Gasteiger partial charge in [-0.15, -0.1) is 0 Å². The lowest BCUT2D eigenvalue weighted by Crippen LogP contribution is -2.57. The molecule has 0 spiro atoms. The zero-order valence-corrected chi connectivity index (χ0v) is 17.6. The Morgan fingerprint density at radius 3 is 2.46 bits per heavy atom. The molecule has 1 aromatic carbocycles. The summed E-state index contributed by atoms with van der Waals surface area (Å²) in [4.78, 5) is 4.25. The highest BCUT2D eigenvalue weighted by Crippen LogP contribution is 2.40. The van der Waals surface area contributed by atoms with Gasteiger partial charge in [-0.2, -0.15) is 16.1 Å². The van der Waals surface area contributed by atoms with Crippen molar-refractivity contribution >= 4 is 21.8 Å². The molecular formula is C20H25N3O3S2. The van der Waals surface area contributed by atoms with E-state index in [-0.39, 0.29) is 10.6 Å². The molecule has 2 heterocycles. The summed E-state index contributed by atoms with van der Waals surface area (Å²) in [5.74, 6) is 0.682. The van der Waals surface area contributed by atoms with Crippen LogP contribution in [0.25, 0.3) is 0 Å². The van der Waals surface area contributed by atoms with Crippen LogP contribution in [0, 0.1) is 0 Å². The van der Waals surface area contributed by atoms with Crippen molar-refractivity contribution in [2.75, 3.05) is 12.3 Å². The number of nitrogens with one attached hydrogen (secondary N) is 1. The van der Waals surface area contributed by atoms with Crippen molar-refractivity contribution in [2.45, 2.75) is 36.0 Å². The zero-order valence-electron chi connectivity index (χ0n) is 16.0. The standard InChI is InChI=1S/C20H25N3O3S2/c1-15(22-24)19-20(2,3)27-13-12-23(19)28(25,26)18-6-4-16(5-7-18)14-17-8-10-21-11-9-17/h4-11,19,22,24H,1,12-14H2,2-3H3. The molecule has 0 amide bonds. The molecule has 1 unspecified atom stereocenters. The molecule has 1 aliphatic rings. The Morgan fingerprint density at radius 1 is 1.25 bits per heavy atom. The Labute approximate surface area is 170 Å². The van der Waals surface area contributed by atoms with Crippen molar-refractivity contribution < 1.29 is 13.6 Å². The fraction of sp³-hybridized carbons (Fsp3) is 0.350. The normalized spacial score (nSPS) is 19.9. The third-order valence-corrected chi connectivity index (χ3v) is 8.13. The van der Waals surface area contributed by atoms with Crippen LogP contribution in [0.5, 0.6) is 0 Å². The molecule has 6 nitrogen and oxygen atoms in total. The largest absolute Gasteiger partial charge is 0.291 e. The lowest BCUT2D eigenvalue weighted by atomic mass is 10.0. The number of thioether (sulfide) groups is 1. The molecule has 0 saturated carbocycles. The van der Waals surface area contributed by atoms with Crippen molar-refractivity contribution in [3.63, 3.8) is 0 Å². The first kappa shape index (κ1) is 20.9. The van der Waals surface area contributed by atoms with Gasteiger partial charge in [-0.05, 0) is 55.7 Å². The number of hydrogen-bond acceptors (Lipinski definition) is 6. The van der Waals surface area contributed by atoms with E-state index in [0.29, 0.717) is 18.7 Å². The van der Waals surface area contributed by atoms with Crippen LogP contribution in [0.2, 0.25) is 0 Å². The minimum Gasteiger partial charge on any atom is -0.291 e. The predicted molar refractivity (Wildman–Crippen MR) is 112 cm³/mol. The monoisotopic (exact) mass is 419 g/mol. The van der Waals surface area contributed by atoms with E-state index in [0.717, 1.165) is 11.1 Å². The van der Waals surface area contributed by atoms with Gasteiger partial charge < -0.3 is 0 Å². The summed E-state index contributed by atoms with van der Waals surface area (Å²) in [7, 11) is -3.73. The minimum absolute atomic E-state index is 0.240. The number of aromatic nitrogens is 1. The first-order valence-corrected chi connectivity index (χ1v) is 11.4. The summed E-state index contributed by atoms with van der Waals surface area (Å²) in [6.07, 6.45) is 4.20. The summed E-state index contributed by atoms with van der Waals surface area (Å²) in [6, 6.07) is 10.3. The maximum atomic E-state index is 13.3. The van der Waals surface area contributed by atoms with Crippen molar-refractivity contribution in [1.82, 2.24) is 14.8 Å². The highest BCUT2D eigenvalue weighted by molar-refractivity contribution is 8.00. The van der Waals surface area contributed by atoms with Crippen LogP contribution in [0.3, 0.4) is 0 Å².